The van der Waals surface area contributed by atoms with E-state index < -0.39 is 0 Å². The van der Waals surface area contributed by atoms with Crippen molar-refractivity contribution in [1.82, 2.24) is 4.98 Å². The number of oxime groups is 1. The van der Waals surface area contributed by atoms with Gasteiger partial charge >= 0.3 is 0 Å². The summed E-state index contributed by atoms with van der Waals surface area (Å²) in [6, 6.07) is 12.9. The molecule has 4 nitrogen and oxygen atoms in total. The van der Waals surface area contributed by atoms with Gasteiger partial charge in [0.05, 0.1) is 11.8 Å². The van der Waals surface area contributed by atoms with Crippen LogP contribution in [0.1, 0.15) is 11.1 Å². The van der Waals surface area contributed by atoms with Crippen molar-refractivity contribution in [1.29, 1.82) is 5.26 Å². The summed E-state index contributed by atoms with van der Waals surface area (Å²) in [5, 5.41) is 13.5. The second-order valence-electron chi connectivity index (χ2n) is 4.13. The number of benzene rings is 1. The highest BCUT2D eigenvalue weighted by atomic mass is 35.5. The Morgan fingerprint density at radius 1 is 1.24 bits per heavy atom. The van der Waals surface area contributed by atoms with Gasteiger partial charge in [0.15, 0.2) is 0 Å². The Labute approximate surface area is 128 Å². The van der Waals surface area contributed by atoms with Crippen LogP contribution in [0.15, 0.2) is 59.5 Å². The van der Waals surface area contributed by atoms with E-state index in [0.717, 1.165) is 11.1 Å². The van der Waals surface area contributed by atoms with Gasteiger partial charge in [-0.15, -0.1) is 0 Å². The molecule has 104 valence electrons. The molecular formula is C16H12ClN3O. The molecule has 1 aromatic carbocycles. The molecule has 2 rings (SSSR count). The van der Waals surface area contributed by atoms with Crippen LogP contribution in [-0.4, -0.2) is 11.2 Å². The molecule has 0 aliphatic rings. The van der Waals surface area contributed by atoms with Crippen molar-refractivity contribution in [2.24, 2.45) is 5.16 Å². The van der Waals surface area contributed by atoms with Gasteiger partial charge < -0.3 is 4.84 Å². The molecule has 0 unspecified atom stereocenters. The van der Waals surface area contributed by atoms with Crippen molar-refractivity contribution in [3.05, 3.63) is 70.5 Å². The highest BCUT2D eigenvalue weighted by molar-refractivity contribution is 6.30. The molecule has 0 spiro atoms. The Morgan fingerprint density at radius 3 is 2.62 bits per heavy atom. The fourth-order valence-corrected chi connectivity index (χ4v) is 1.65. The van der Waals surface area contributed by atoms with E-state index in [-0.39, 0.29) is 0 Å². The number of pyridine rings is 1. The Balaban J connectivity index is 1.92. The Bertz CT molecular complexity index is 673. The van der Waals surface area contributed by atoms with E-state index in [0.29, 0.717) is 17.2 Å². The first kappa shape index (κ1) is 14.8. The monoisotopic (exact) mass is 297 g/mol. The van der Waals surface area contributed by atoms with Crippen LogP contribution >= 0.6 is 11.6 Å². The molecule has 1 heterocycles. The average molecular weight is 298 g/mol. The fourth-order valence-electron chi connectivity index (χ4n) is 1.52. The second-order valence-corrected chi connectivity index (χ2v) is 4.56. The molecular weight excluding hydrogens is 286 g/mol. The molecule has 1 aromatic heterocycles. The molecule has 0 bridgehead atoms. The molecule has 2 aromatic rings. The third-order valence-corrected chi connectivity index (χ3v) is 2.82. The summed E-state index contributed by atoms with van der Waals surface area (Å²) in [5.41, 5.74) is 2.23. The first-order valence-corrected chi connectivity index (χ1v) is 6.57. The lowest BCUT2D eigenvalue weighted by molar-refractivity contribution is 0.132. The highest BCUT2D eigenvalue weighted by Gasteiger charge is 1.94. The molecule has 5 heteroatoms. The van der Waals surface area contributed by atoms with Crippen molar-refractivity contribution < 1.29 is 4.84 Å². The van der Waals surface area contributed by atoms with E-state index in [9.17, 15) is 0 Å². The van der Waals surface area contributed by atoms with Gasteiger partial charge in [0.25, 0.3) is 0 Å². The zero-order chi connectivity index (χ0) is 14.9. The summed E-state index contributed by atoms with van der Waals surface area (Å²) in [7, 11) is 0. The lowest BCUT2D eigenvalue weighted by atomic mass is 10.2. The predicted octanol–water partition coefficient (Wildman–Crippen LogP) is 3.84. The van der Waals surface area contributed by atoms with E-state index in [1.807, 2.05) is 12.1 Å². The van der Waals surface area contributed by atoms with Gasteiger partial charge in [0.1, 0.15) is 12.7 Å². The topological polar surface area (TPSA) is 58.3 Å². The molecule has 0 fully saturated rings. The number of hydrogen-bond acceptors (Lipinski definition) is 4. The predicted molar refractivity (Wildman–Crippen MR) is 82.6 cm³/mol. The lowest BCUT2D eigenvalue weighted by Gasteiger charge is -1.99. The van der Waals surface area contributed by atoms with Gasteiger partial charge in [-0.1, -0.05) is 28.9 Å². The number of halogens is 1. The molecule has 0 radical (unpaired) electrons. The van der Waals surface area contributed by atoms with E-state index in [1.54, 1.807) is 42.7 Å². The first-order chi connectivity index (χ1) is 10.3. The molecule has 21 heavy (non-hydrogen) atoms. The molecule has 0 aliphatic heterocycles. The van der Waals surface area contributed by atoms with Gasteiger partial charge in [-0.05, 0) is 41.5 Å². The van der Waals surface area contributed by atoms with Crippen molar-refractivity contribution >= 4 is 23.9 Å². The van der Waals surface area contributed by atoms with Crippen molar-refractivity contribution in [3.63, 3.8) is 0 Å². The van der Waals surface area contributed by atoms with Crippen LogP contribution in [0.4, 0.5) is 0 Å². The van der Waals surface area contributed by atoms with Crippen molar-refractivity contribution in [3.8, 4) is 6.07 Å². The number of nitrogens with zero attached hydrogens (tertiary/aromatic N) is 3. The number of aromatic nitrogens is 1. The summed E-state index contributed by atoms with van der Waals surface area (Å²) in [6.07, 6.45) is 6.41. The number of rotatable bonds is 5. The molecule has 0 aliphatic carbocycles. The van der Waals surface area contributed by atoms with Crippen LogP contribution in [0.25, 0.3) is 6.08 Å². The van der Waals surface area contributed by atoms with Gasteiger partial charge in [0, 0.05) is 17.4 Å². The smallest absolute Gasteiger partial charge is 0.142 e. The summed E-state index contributed by atoms with van der Waals surface area (Å²) in [5.74, 6) is 0. The van der Waals surface area contributed by atoms with Crippen LogP contribution in [0, 0.1) is 11.3 Å². The quantitative estimate of drug-likeness (QED) is 0.478. The maximum Gasteiger partial charge on any atom is 0.142 e. The number of nitriles is 1. The van der Waals surface area contributed by atoms with Crippen LogP contribution in [-0.2, 0) is 11.4 Å². The standard InChI is InChI=1S/C16H12ClN3O/c17-16-3-1-14(2-4-16)12-21-20-11-15(10-18)9-13-5-7-19-8-6-13/h1-9,11H,12H2/b15-9+,20-11+. The van der Waals surface area contributed by atoms with Crippen LogP contribution in [0.2, 0.25) is 5.02 Å². The zero-order valence-corrected chi connectivity index (χ0v) is 11.9. The lowest BCUT2D eigenvalue weighted by Crippen LogP contribution is -1.88. The highest BCUT2D eigenvalue weighted by Crippen LogP contribution is 2.10. The largest absolute Gasteiger partial charge is 0.391 e. The average Bonchev–Trinajstić information content (AvgIpc) is 2.53. The van der Waals surface area contributed by atoms with Crippen LogP contribution in [0.3, 0.4) is 0 Å². The van der Waals surface area contributed by atoms with Gasteiger partial charge in [-0.25, -0.2) is 0 Å². The zero-order valence-electron chi connectivity index (χ0n) is 11.1. The molecule has 0 saturated carbocycles. The third-order valence-electron chi connectivity index (χ3n) is 2.57. The Morgan fingerprint density at radius 2 is 1.95 bits per heavy atom. The first-order valence-electron chi connectivity index (χ1n) is 6.19. The molecule has 0 saturated heterocycles. The summed E-state index contributed by atoms with van der Waals surface area (Å²) in [4.78, 5) is 9.07. The van der Waals surface area contributed by atoms with Crippen LogP contribution < -0.4 is 0 Å². The SMILES string of the molecule is N#CC(=C\c1ccncc1)/C=N/OCc1ccc(Cl)cc1. The van der Waals surface area contributed by atoms with Gasteiger partial charge in [-0.2, -0.15) is 5.26 Å². The molecule has 0 N–H and O–H groups in total. The normalized spacial score (nSPS) is 11.3. The minimum Gasteiger partial charge on any atom is -0.391 e. The summed E-state index contributed by atoms with van der Waals surface area (Å²) < 4.78 is 0. The van der Waals surface area contributed by atoms with Gasteiger partial charge in [-0.3, -0.25) is 4.98 Å². The maximum absolute atomic E-state index is 9.04. The minimum absolute atomic E-state index is 0.321. The second kappa shape index (κ2) is 7.83. The van der Waals surface area contributed by atoms with Crippen molar-refractivity contribution in [2.45, 2.75) is 6.61 Å². The van der Waals surface area contributed by atoms with E-state index >= 15 is 0 Å². The Kier molecular flexibility index (Phi) is 5.50. The van der Waals surface area contributed by atoms with Crippen LogP contribution in [0.5, 0.6) is 0 Å². The molecule has 0 atom stereocenters. The molecule has 0 amide bonds. The number of allylic oxidation sites excluding steroid dienone is 1. The van der Waals surface area contributed by atoms with E-state index in [2.05, 4.69) is 16.2 Å². The van der Waals surface area contributed by atoms with Gasteiger partial charge in [0.2, 0.25) is 0 Å². The summed E-state index contributed by atoms with van der Waals surface area (Å²) in [6.45, 7) is 0.321. The maximum atomic E-state index is 9.04. The van der Waals surface area contributed by atoms with E-state index in [4.69, 9.17) is 21.7 Å². The minimum atomic E-state index is 0.321. The Hall–Kier alpha value is -2.64. The summed E-state index contributed by atoms with van der Waals surface area (Å²) >= 11 is 5.79. The van der Waals surface area contributed by atoms with Crippen molar-refractivity contribution in [2.75, 3.05) is 0 Å². The van der Waals surface area contributed by atoms with E-state index in [1.165, 1.54) is 6.21 Å². The fraction of sp³-hybridized carbons (Fsp3) is 0.0625. The third kappa shape index (κ3) is 5.09. The number of hydrogen-bond donors (Lipinski definition) is 0.